The summed E-state index contributed by atoms with van der Waals surface area (Å²) in [5.41, 5.74) is 0.934. The van der Waals surface area contributed by atoms with Crippen LogP contribution in [0, 0.1) is 23.7 Å². The summed E-state index contributed by atoms with van der Waals surface area (Å²) < 4.78 is 5.93. The molecule has 0 N–H and O–H groups in total. The molecule has 4 atom stereocenters. The Morgan fingerprint density at radius 2 is 1.56 bits per heavy atom. The number of Topliss-reactive ketones (excluding diaryl/α,β-unsaturated/α-hetero) is 2. The van der Waals surface area contributed by atoms with Crippen molar-refractivity contribution in [3.63, 3.8) is 0 Å². The van der Waals surface area contributed by atoms with Gasteiger partial charge in [0.2, 0.25) is 0 Å². The van der Waals surface area contributed by atoms with Crippen molar-refractivity contribution in [1.29, 1.82) is 0 Å². The molecule has 4 heteroatoms. The van der Waals surface area contributed by atoms with Crippen molar-refractivity contribution in [2.75, 3.05) is 0 Å². The van der Waals surface area contributed by atoms with Gasteiger partial charge in [0.05, 0.1) is 5.56 Å². The van der Waals surface area contributed by atoms with E-state index in [1.54, 1.807) is 42.5 Å². The van der Waals surface area contributed by atoms with Crippen LogP contribution in [0.4, 0.5) is 0 Å². The monoisotopic (exact) mass is 350 g/mol. The molecule has 124 valence electrons. The average molecular weight is 351 g/mol. The van der Waals surface area contributed by atoms with E-state index in [0.29, 0.717) is 27.6 Å². The van der Waals surface area contributed by atoms with Crippen molar-refractivity contribution in [1.82, 2.24) is 0 Å². The number of fused-ring (bicyclic) bond motifs is 6. The van der Waals surface area contributed by atoms with Crippen molar-refractivity contribution in [2.24, 2.45) is 23.7 Å². The molecule has 0 aliphatic heterocycles. The smallest absolute Gasteiger partial charge is 0.171 e. The van der Waals surface area contributed by atoms with Gasteiger partial charge in [0.25, 0.3) is 0 Å². The lowest BCUT2D eigenvalue weighted by atomic mass is 9.69. The molecule has 0 aromatic heterocycles. The number of carbonyl (C=O) groups excluding carboxylic acids is 2. The van der Waals surface area contributed by atoms with Gasteiger partial charge in [-0.3, -0.25) is 9.59 Å². The number of allylic oxidation sites excluding steroid dienone is 2. The number of rotatable bonds is 2. The highest BCUT2D eigenvalue weighted by atomic mass is 35.5. The van der Waals surface area contributed by atoms with Crippen molar-refractivity contribution >= 4 is 23.2 Å². The van der Waals surface area contributed by atoms with E-state index in [-0.39, 0.29) is 35.2 Å². The molecule has 1 saturated carbocycles. The number of ether oxygens (including phenoxy) is 1. The summed E-state index contributed by atoms with van der Waals surface area (Å²) in [4.78, 5) is 26.2. The topological polar surface area (TPSA) is 43.4 Å². The van der Waals surface area contributed by atoms with Crippen LogP contribution in [0.25, 0.3) is 0 Å². The van der Waals surface area contributed by atoms with Crippen molar-refractivity contribution in [3.05, 3.63) is 70.8 Å². The highest BCUT2D eigenvalue weighted by Gasteiger charge is 2.55. The molecule has 2 aromatic rings. The molecular formula is C21H15ClO3. The molecule has 4 unspecified atom stereocenters. The van der Waals surface area contributed by atoms with Gasteiger partial charge in [-0.1, -0.05) is 35.9 Å². The minimum absolute atomic E-state index is 0.0426. The zero-order valence-corrected chi connectivity index (χ0v) is 14.1. The molecule has 2 aromatic carbocycles. The lowest BCUT2D eigenvalue weighted by Crippen LogP contribution is -2.39. The van der Waals surface area contributed by atoms with Crippen molar-refractivity contribution in [2.45, 2.75) is 6.42 Å². The van der Waals surface area contributed by atoms with Gasteiger partial charge in [-0.05, 0) is 48.6 Å². The molecular weight excluding hydrogens is 336 g/mol. The first-order chi connectivity index (χ1) is 12.1. The molecule has 0 spiro atoms. The molecule has 0 amide bonds. The molecule has 3 aliphatic carbocycles. The van der Waals surface area contributed by atoms with Gasteiger partial charge in [0, 0.05) is 22.4 Å². The first-order valence-corrected chi connectivity index (χ1v) is 8.84. The molecule has 5 rings (SSSR count). The van der Waals surface area contributed by atoms with Crippen molar-refractivity contribution < 1.29 is 14.3 Å². The maximum atomic E-state index is 13.2. The largest absolute Gasteiger partial charge is 0.457 e. The Kier molecular flexibility index (Phi) is 3.16. The highest BCUT2D eigenvalue weighted by Crippen LogP contribution is 2.53. The fourth-order valence-corrected chi connectivity index (χ4v) is 4.71. The van der Waals surface area contributed by atoms with Crippen LogP contribution in [0.1, 0.15) is 27.1 Å². The van der Waals surface area contributed by atoms with Gasteiger partial charge < -0.3 is 4.74 Å². The summed E-state index contributed by atoms with van der Waals surface area (Å²) in [6, 6.07) is 12.2. The van der Waals surface area contributed by atoms with E-state index in [0.717, 1.165) is 6.42 Å². The lowest BCUT2D eigenvalue weighted by molar-refractivity contribution is 0.0718. The summed E-state index contributed by atoms with van der Waals surface area (Å²) in [7, 11) is 0. The molecule has 3 nitrogen and oxygen atoms in total. The van der Waals surface area contributed by atoms with E-state index >= 15 is 0 Å². The second kappa shape index (κ2) is 5.30. The van der Waals surface area contributed by atoms with Gasteiger partial charge in [0.15, 0.2) is 11.6 Å². The van der Waals surface area contributed by atoms with Crippen molar-refractivity contribution in [3.8, 4) is 11.5 Å². The third kappa shape index (κ3) is 2.12. The molecule has 0 heterocycles. The van der Waals surface area contributed by atoms with Gasteiger partial charge in [0.1, 0.15) is 11.5 Å². The Labute approximate surface area is 150 Å². The summed E-state index contributed by atoms with van der Waals surface area (Å²) in [5.74, 6) is 1.13. The fraction of sp³-hybridized carbons (Fsp3) is 0.238. The second-order valence-corrected chi connectivity index (χ2v) is 7.40. The molecule has 0 radical (unpaired) electrons. The van der Waals surface area contributed by atoms with E-state index in [4.69, 9.17) is 16.3 Å². The maximum absolute atomic E-state index is 13.2. The zero-order chi connectivity index (χ0) is 17.1. The Hall–Kier alpha value is -2.39. The van der Waals surface area contributed by atoms with E-state index < -0.39 is 0 Å². The minimum atomic E-state index is -0.232. The molecule has 3 aliphatic rings. The molecule has 0 saturated heterocycles. The minimum Gasteiger partial charge on any atom is -0.457 e. The SMILES string of the molecule is O=C1c2cccc(Oc3ccc(Cl)cc3)c2C(=O)C2C3C=CC(C3)C12. The molecule has 25 heavy (non-hydrogen) atoms. The van der Waals surface area contributed by atoms with E-state index in [9.17, 15) is 9.59 Å². The summed E-state index contributed by atoms with van der Waals surface area (Å²) in [5, 5.41) is 0.616. The first-order valence-electron chi connectivity index (χ1n) is 8.46. The lowest BCUT2D eigenvalue weighted by Gasteiger charge is -2.32. The quantitative estimate of drug-likeness (QED) is 0.720. The Morgan fingerprint density at radius 3 is 2.28 bits per heavy atom. The third-order valence-electron chi connectivity index (χ3n) is 5.64. The van der Waals surface area contributed by atoms with Gasteiger partial charge in [-0.25, -0.2) is 0 Å². The Morgan fingerprint density at radius 1 is 0.880 bits per heavy atom. The van der Waals surface area contributed by atoms with Gasteiger partial charge >= 0.3 is 0 Å². The Balaban J connectivity index is 1.59. The van der Waals surface area contributed by atoms with Crippen LogP contribution >= 0.6 is 11.6 Å². The number of hydrogen-bond donors (Lipinski definition) is 0. The normalized spacial score (nSPS) is 28.8. The van der Waals surface area contributed by atoms with E-state index in [1.807, 2.05) is 0 Å². The number of benzene rings is 2. The van der Waals surface area contributed by atoms with E-state index in [1.165, 1.54) is 0 Å². The van der Waals surface area contributed by atoms with Crippen LogP contribution in [0.2, 0.25) is 5.02 Å². The maximum Gasteiger partial charge on any atom is 0.171 e. The third-order valence-corrected chi connectivity index (χ3v) is 5.90. The summed E-state index contributed by atoms with van der Waals surface area (Å²) in [6.07, 6.45) is 5.12. The van der Waals surface area contributed by atoms with Crippen LogP contribution in [0.3, 0.4) is 0 Å². The number of ketones is 2. The van der Waals surface area contributed by atoms with E-state index in [2.05, 4.69) is 12.2 Å². The summed E-state index contributed by atoms with van der Waals surface area (Å²) in [6.45, 7) is 0. The standard InChI is InChI=1S/C21H15ClO3/c22-13-6-8-14(9-7-13)25-16-3-1-2-15-19(16)21(24)18-12-5-4-11(10-12)17(18)20(15)23/h1-9,11-12,17-18H,10H2. The van der Waals surface area contributed by atoms with Crippen LogP contribution in [0.5, 0.6) is 11.5 Å². The van der Waals surface area contributed by atoms with Crippen LogP contribution in [0.15, 0.2) is 54.6 Å². The van der Waals surface area contributed by atoms with Crippen LogP contribution in [-0.4, -0.2) is 11.6 Å². The Bertz CT molecular complexity index is 929. The van der Waals surface area contributed by atoms with Gasteiger partial charge in [-0.2, -0.15) is 0 Å². The predicted octanol–water partition coefficient (Wildman–Crippen LogP) is 4.95. The van der Waals surface area contributed by atoms with Crippen LogP contribution in [-0.2, 0) is 0 Å². The van der Waals surface area contributed by atoms with Crippen LogP contribution < -0.4 is 4.74 Å². The number of hydrogen-bond acceptors (Lipinski definition) is 3. The fourth-order valence-electron chi connectivity index (χ4n) is 4.59. The number of halogens is 1. The average Bonchev–Trinajstić information content (AvgIpc) is 3.23. The first kappa shape index (κ1) is 14.9. The molecule has 1 fully saturated rings. The number of carbonyl (C=O) groups is 2. The highest BCUT2D eigenvalue weighted by molar-refractivity contribution is 6.30. The summed E-state index contributed by atoms with van der Waals surface area (Å²) >= 11 is 5.91. The second-order valence-electron chi connectivity index (χ2n) is 6.96. The van der Waals surface area contributed by atoms with Gasteiger partial charge in [-0.15, -0.1) is 0 Å². The predicted molar refractivity (Wildman–Crippen MR) is 94.3 cm³/mol. The molecule has 2 bridgehead atoms. The zero-order valence-electron chi connectivity index (χ0n) is 13.3.